The van der Waals surface area contributed by atoms with Crippen LogP contribution in [0, 0.1) is 5.82 Å². The van der Waals surface area contributed by atoms with E-state index in [0.717, 1.165) is 29.8 Å². The van der Waals surface area contributed by atoms with Gasteiger partial charge in [-0.15, -0.1) is 0 Å². The van der Waals surface area contributed by atoms with Gasteiger partial charge in [0.15, 0.2) is 0 Å². The summed E-state index contributed by atoms with van der Waals surface area (Å²) in [5, 5.41) is 4.27. The number of nitrogens with two attached hydrogens (primary N) is 1. The highest BCUT2D eigenvalue weighted by Gasteiger charge is 2.24. The average molecular weight is 217 g/mol. The molecule has 1 aromatic heterocycles. The van der Waals surface area contributed by atoms with Crippen LogP contribution in [-0.2, 0) is 6.42 Å². The minimum atomic E-state index is -0.246. The van der Waals surface area contributed by atoms with E-state index in [0.29, 0.717) is 0 Å². The lowest BCUT2D eigenvalue weighted by Gasteiger charge is -2.04. The first-order valence-corrected chi connectivity index (χ1v) is 5.34. The van der Waals surface area contributed by atoms with E-state index in [-0.39, 0.29) is 11.9 Å². The van der Waals surface area contributed by atoms with Gasteiger partial charge >= 0.3 is 0 Å². The highest BCUT2D eigenvalue weighted by atomic mass is 19.1. The number of hydrogen-bond donors (Lipinski definition) is 1. The van der Waals surface area contributed by atoms with Gasteiger partial charge in [0.2, 0.25) is 0 Å². The summed E-state index contributed by atoms with van der Waals surface area (Å²) in [5.41, 5.74) is 8.90. The van der Waals surface area contributed by atoms with Gasteiger partial charge in [-0.25, -0.2) is 9.07 Å². The predicted octanol–water partition coefficient (Wildman–Crippen LogP) is 1.96. The Morgan fingerprint density at radius 2 is 2.31 bits per heavy atom. The highest BCUT2D eigenvalue weighted by molar-refractivity contribution is 5.38. The smallest absolute Gasteiger partial charge is 0.125 e. The number of benzene rings is 1. The quantitative estimate of drug-likeness (QED) is 0.793. The third-order valence-electron chi connectivity index (χ3n) is 3.05. The summed E-state index contributed by atoms with van der Waals surface area (Å²) < 4.78 is 14.9. The summed E-state index contributed by atoms with van der Waals surface area (Å²) in [4.78, 5) is 0. The van der Waals surface area contributed by atoms with Gasteiger partial charge < -0.3 is 5.73 Å². The minimum absolute atomic E-state index is 0.0808. The fraction of sp³-hybridized carbons (Fsp3) is 0.250. The normalized spacial score (nSPS) is 18.8. The van der Waals surface area contributed by atoms with Gasteiger partial charge in [0.05, 0.1) is 11.9 Å². The molecule has 3 rings (SSSR count). The molecule has 4 heteroatoms. The molecule has 0 radical (unpaired) electrons. The Bertz CT molecular complexity index is 533. The average Bonchev–Trinajstić information content (AvgIpc) is 2.82. The van der Waals surface area contributed by atoms with E-state index in [1.165, 1.54) is 12.1 Å². The van der Waals surface area contributed by atoms with E-state index < -0.39 is 0 Å². The van der Waals surface area contributed by atoms with Gasteiger partial charge in [-0.2, -0.15) is 5.10 Å². The Balaban J connectivity index is 2.11. The largest absolute Gasteiger partial charge is 0.324 e. The minimum Gasteiger partial charge on any atom is -0.324 e. The Morgan fingerprint density at radius 3 is 3.12 bits per heavy atom. The van der Waals surface area contributed by atoms with Crippen LogP contribution in [0.15, 0.2) is 30.5 Å². The second-order valence-electron chi connectivity index (χ2n) is 4.08. The number of hydrogen-bond acceptors (Lipinski definition) is 2. The maximum absolute atomic E-state index is 13.1. The second-order valence-corrected chi connectivity index (χ2v) is 4.08. The van der Waals surface area contributed by atoms with Crippen LogP contribution in [0.1, 0.15) is 23.7 Å². The molecule has 0 saturated carbocycles. The van der Waals surface area contributed by atoms with E-state index >= 15 is 0 Å². The zero-order valence-corrected chi connectivity index (χ0v) is 8.73. The van der Waals surface area contributed by atoms with Crippen LogP contribution in [0.2, 0.25) is 0 Å². The summed E-state index contributed by atoms with van der Waals surface area (Å²) >= 11 is 0. The molecule has 2 aromatic rings. The van der Waals surface area contributed by atoms with Crippen molar-refractivity contribution in [2.45, 2.75) is 18.9 Å². The third kappa shape index (κ3) is 1.34. The molecule has 16 heavy (non-hydrogen) atoms. The van der Waals surface area contributed by atoms with Crippen molar-refractivity contribution in [2.24, 2.45) is 5.73 Å². The Kier molecular flexibility index (Phi) is 2.04. The van der Waals surface area contributed by atoms with Gasteiger partial charge in [0.1, 0.15) is 5.82 Å². The topological polar surface area (TPSA) is 43.8 Å². The van der Waals surface area contributed by atoms with E-state index in [4.69, 9.17) is 5.73 Å². The molecule has 0 fully saturated rings. The standard InChI is InChI=1S/C12H12FN3/c13-8-2-1-3-9(6-8)16-12-5-4-11(14)10(12)7-15-16/h1-3,6-7,11H,4-5,14H2. The van der Waals surface area contributed by atoms with Crippen molar-refractivity contribution in [3.8, 4) is 5.69 Å². The molecule has 0 aliphatic heterocycles. The Labute approximate surface area is 92.7 Å². The summed E-state index contributed by atoms with van der Waals surface area (Å²) in [7, 11) is 0. The van der Waals surface area contributed by atoms with Crippen molar-refractivity contribution in [3.63, 3.8) is 0 Å². The van der Waals surface area contributed by atoms with Gasteiger partial charge in [-0.3, -0.25) is 0 Å². The molecule has 0 bridgehead atoms. The third-order valence-corrected chi connectivity index (χ3v) is 3.05. The van der Waals surface area contributed by atoms with Crippen LogP contribution in [0.5, 0.6) is 0 Å². The first kappa shape index (κ1) is 9.54. The second kappa shape index (κ2) is 3.42. The molecular weight excluding hydrogens is 205 g/mol. The van der Waals surface area contributed by atoms with Crippen molar-refractivity contribution in [3.05, 3.63) is 47.5 Å². The monoisotopic (exact) mass is 217 g/mol. The lowest BCUT2D eigenvalue weighted by Crippen LogP contribution is -2.03. The molecule has 2 N–H and O–H groups in total. The zero-order chi connectivity index (χ0) is 11.1. The number of halogens is 1. The maximum atomic E-state index is 13.1. The van der Waals surface area contributed by atoms with Gasteiger partial charge in [-0.05, 0) is 31.0 Å². The van der Waals surface area contributed by atoms with E-state index in [9.17, 15) is 4.39 Å². The summed E-state index contributed by atoms with van der Waals surface area (Å²) in [6.07, 6.45) is 3.65. The molecule has 1 aliphatic carbocycles. The first-order chi connectivity index (χ1) is 7.75. The molecule has 3 nitrogen and oxygen atoms in total. The molecule has 0 amide bonds. The molecule has 0 spiro atoms. The van der Waals surface area contributed by atoms with Crippen LogP contribution in [0.3, 0.4) is 0 Å². The van der Waals surface area contributed by atoms with Gasteiger partial charge in [-0.1, -0.05) is 6.07 Å². The maximum Gasteiger partial charge on any atom is 0.125 e. The molecule has 1 atom stereocenters. The number of nitrogens with zero attached hydrogens (tertiary/aromatic N) is 2. The van der Waals surface area contributed by atoms with Crippen molar-refractivity contribution in [1.82, 2.24) is 9.78 Å². The lowest BCUT2D eigenvalue weighted by atomic mass is 10.2. The number of aromatic nitrogens is 2. The number of rotatable bonds is 1. The molecule has 1 unspecified atom stereocenters. The fourth-order valence-electron chi connectivity index (χ4n) is 2.22. The van der Waals surface area contributed by atoms with Crippen molar-refractivity contribution in [1.29, 1.82) is 0 Å². The van der Waals surface area contributed by atoms with Crippen LogP contribution in [0.25, 0.3) is 5.69 Å². The van der Waals surface area contributed by atoms with Crippen molar-refractivity contribution >= 4 is 0 Å². The summed E-state index contributed by atoms with van der Waals surface area (Å²) in [5.74, 6) is -0.246. The fourth-order valence-corrected chi connectivity index (χ4v) is 2.22. The van der Waals surface area contributed by atoms with Crippen LogP contribution in [-0.4, -0.2) is 9.78 Å². The molecule has 1 aromatic carbocycles. The van der Waals surface area contributed by atoms with E-state index in [1.54, 1.807) is 16.9 Å². The molecule has 0 saturated heterocycles. The van der Waals surface area contributed by atoms with Crippen LogP contribution >= 0.6 is 0 Å². The lowest BCUT2D eigenvalue weighted by molar-refractivity contribution is 0.624. The Hall–Kier alpha value is -1.68. The highest BCUT2D eigenvalue weighted by Crippen LogP contribution is 2.30. The molecule has 1 aliphatic rings. The van der Waals surface area contributed by atoms with Crippen LogP contribution < -0.4 is 5.73 Å². The molecule has 1 heterocycles. The summed E-state index contributed by atoms with van der Waals surface area (Å²) in [6.45, 7) is 0. The van der Waals surface area contributed by atoms with Crippen LogP contribution in [0.4, 0.5) is 4.39 Å². The summed E-state index contributed by atoms with van der Waals surface area (Å²) in [6, 6.07) is 6.53. The zero-order valence-electron chi connectivity index (χ0n) is 8.73. The molecular formula is C12H12FN3. The number of fused-ring (bicyclic) bond motifs is 1. The predicted molar refractivity (Wildman–Crippen MR) is 58.8 cm³/mol. The first-order valence-electron chi connectivity index (χ1n) is 5.34. The van der Waals surface area contributed by atoms with E-state index in [1.807, 2.05) is 6.07 Å². The Morgan fingerprint density at radius 1 is 1.44 bits per heavy atom. The SMILES string of the molecule is NC1CCc2c1cnn2-c1cccc(F)c1. The van der Waals surface area contributed by atoms with Crippen molar-refractivity contribution in [2.75, 3.05) is 0 Å². The van der Waals surface area contributed by atoms with E-state index in [2.05, 4.69) is 5.10 Å². The van der Waals surface area contributed by atoms with Crippen molar-refractivity contribution < 1.29 is 4.39 Å². The van der Waals surface area contributed by atoms with Gasteiger partial charge in [0, 0.05) is 17.3 Å². The molecule has 82 valence electrons. The van der Waals surface area contributed by atoms with Gasteiger partial charge in [0.25, 0.3) is 0 Å².